The van der Waals surface area contributed by atoms with Crippen LogP contribution in [-0.2, 0) is 4.74 Å². The quantitative estimate of drug-likeness (QED) is 0.639. The Hall–Kier alpha value is -0.560. The van der Waals surface area contributed by atoms with Crippen molar-refractivity contribution in [3.8, 4) is 0 Å². The summed E-state index contributed by atoms with van der Waals surface area (Å²) in [6, 6.07) is 0. The topological polar surface area (TPSA) is 9.23 Å². The van der Waals surface area contributed by atoms with Gasteiger partial charge in [0, 0.05) is 0 Å². The Balaban J connectivity index is 1.82. The van der Waals surface area contributed by atoms with Crippen molar-refractivity contribution in [3.63, 3.8) is 0 Å². The third-order valence-electron chi connectivity index (χ3n) is 3.84. The minimum absolute atomic E-state index is 0.735. The molecule has 0 radical (unpaired) electrons. The summed E-state index contributed by atoms with van der Waals surface area (Å²) in [5.41, 5.74) is 2.82. The second-order valence-corrected chi connectivity index (χ2v) is 5.24. The fourth-order valence-corrected chi connectivity index (χ4v) is 3.25. The molecule has 2 saturated carbocycles. The van der Waals surface area contributed by atoms with Gasteiger partial charge >= 0.3 is 0 Å². The van der Waals surface area contributed by atoms with Crippen molar-refractivity contribution in [3.05, 3.63) is 23.8 Å². The zero-order valence-electron chi connectivity index (χ0n) is 9.96. The average Bonchev–Trinajstić information content (AvgIpc) is 2.75. The zero-order valence-corrected chi connectivity index (χ0v) is 9.96. The van der Waals surface area contributed by atoms with Crippen LogP contribution in [0.15, 0.2) is 23.8 Å². The monoisotopic (exact) mass is 206 g/mol. The van der Waals surface area contributed by atoms with E-state index in [4.69, 9.17) is 4.74 Å². The predicted octanol–water partition coefficient (Wildman–Crippen LogP) is 3.57. The van der Waals surface area contributed by atoms with Gasteiger partial charge in [-0.05, 0) is 50.9 Å². The number of allylic oxidation sites excluding steroid dienone is 2. The molecular formula is C14H22O. The Kier molecular flexibility index (Phi) is 3.30. The minimum atomic E-state index is 0.735. The highest BCUT2D eigenvalue weighted by atomic mass is 16.5. The van der Waals surface area contributed by atoms with Crippen LogP contribution in [0.3, 0.4) is 0 Å². The molecule has 1 heteroatoms. The summed E-state index contributed by atoms with van der Waals surface area (Å²) in [6.07, 6.45) is 6.49. The van der Waals surface area contributed by atoms with E-state index in [1.807, 2.05) is 6.92 Å². The van der Waals surface area contributed by atoms with Gasteiger partial charge in [-0.25, -0.2) is 0 Å². The Morgan fingerprint density at radius 1 is 1.53 bits per heavy atom. The molecule has 0 amide bonds. The maximum Gasteiger partial charge on any atom is 0.0671 e. The fourth-order valence-electron chi connectivity index (χ4n) is 3.25. The molecule has 2 aliphatic rings. The van der Waals surface area contributed by atoms with Crippen LogP contribution in [0.4, 0.5) is 0 Å². The van der Waals surface area contributed by atoms with Crippen molar-refractivity contribution < 1.29 is 4.74 Å². The number of fused-ring (bicyclic) bond motifs is 2. The first-order valence-corrected chi connectivity index (χ1v) is 6.08. The number of hydrogen-bond donors (Lipinski definition) is 0. The normalized spacial score (nSPS) is 36.4. The summed E-state index contributed by atoms with van der Waals surface area (Å²) in [5, 5.41) is 0. The van der Waals surface area contributed by atoms with Gasteiger partial charge in [-0.3, -0.25) is 0 Å². The van der Waals surface area contributed by atoms with Crippen molar-refractivity contribution in [2.75, 3.05) is 13.2 Å². The predicted molar refractivity (Wildman–Crippen MR) is 63.7 cm³/mol. The van der Waals surface area contributed by atoms with E-state index in [9.17, 15) is 0 Å². The molecule has 1 nitrogen and oxygen atoms in total. The van der Waals surface area contributed by atoms with Gasteiger partial charge in [-0.1, -0.05) is 23.8 Å². The Labute approximate surface area is 93.2 Å². The second kappa shape index (κ2) is 4.52. The van der Waals surface area contributed by atoms with Crippen molar-refractivity contribution in [2.45, 2.75) is 33.1 Å². The van der Waals surface area contributed by atoms with E-state index < -0.39 is 0 Å². The molecule has 0 spiro atoms. The van der Waals surface area contributed by atoms with Gasteiger partial charge < -0.3 is 4.74 Å². The molecule has 84 valence electrons. The third kappa shape index (κ3) is 2.34. The first-order chi connectivity index (χ1) is 7.20. The minimum Gasteiger partial charge on any atom is -0.377 e. The lowest BCUT2D eigenvalue weighted by Crippen LogP contribution is -2.19. The molecule has 3 unspecified atom stereocenters. The number of hydrogen-bond acceptors (Lipinski definition) is 1. The van der Waals surface area contributed by atoms with Crippen molar-refractivity contribution in [2.24, 2.45) is 17.8 Å². The fraction of sp³-hybridized carbons (Fsp3) is 0.714. The van der Waals surface area contributed by atoms with E-state index in [1.54, 1.807) is 5.57 Å². The molecule has 0 aromatic carbocycles. The standard InChI is InChI=1S/C14H22O/c1-4-12-5-11-6-13(14(12)7-11)9-15-8-10(2)3/h4,11,13-14H,2,5-9H2,1,3H3/b12-4+. The summed E-state index contributed by atoms with van der Waals surface area (Å²) in [6.45, 7) is 9.74. The van der Waals surface area contributed by atoms with Crippen LogP contribution in [0, 0.1) is 17.8 Å². The molecule has 0 saturated heterocycles. The molecule has 2 aliphatic carbocycles. The van der Waals surface area contributed by atoms with Gasteiger partial charge in [-0.2, -0.15) is 0 Å². The van der Waals surface area contributed by atoms with E-state index in [2.05, 4.69) is 19.6 Å². The van der Waals surface area contributed by atoms with Gasteiger partial charge in [0.25, 0.3) is 0 Å². The van der Waals surface area contributed by atoms with Gasteiger partial charge in [0.1, 0.15) is 0 Å². The highest BCUT2D eigenvalue weighted by Gasteiger charge is 2.42. The Morgan fingerprint density at radius 3 is 2.93 bits per heavy atom. The number of ether oxygens (including phenoxy) is 1. The summed E-state index contributed by atoms with van der Waals surface area (Å²) >= 11 is 0. The molecule has 2 fully saturated rings. The van der Waals surface area contributed by atoms with E-state index >= 15 is 0 Å². The maximum atomic E-state index is 5.70. The maximum absolute atomic E-state index is 5.70. The van der Waals surface area contributed by atoms with E-state index in [0.29, 0.717) is 0 Å². The lowest BCUT2D eigenvalue weighted by Gasteiger charge is -2.24. The summed E-state index contributed by atoms with van der Waals surface area (Å²) in [5.74, 6) is 2.58. The van der Waals surface area contributed by atoms with Crippen LogP contribution in [0.5, 0.6) is 0 Å². The van der Waals surface area contributed by atoms with Crippen molar-refractivity contribution in [1.82, 2.24) is 0 Å². The van der Waals surface area contributed by atoms with Crippen LogP contribution in [0.1, 0.15) is 33.1 Å². The van der Waals surface area contributed by atoms with E-state index in [-0.39, 0.29) is 0 Å². The molecule has 15 heavy (non-hydrogen) atoms. The highest BCUT2D eigenvalue weighted by molar-refractivity contribution is 5.18. The van der Waals surface area contributed by atoms with Gasteiger partial charge in [-0.15, -0.1) is 0 Å². The molecule has 0 aromatic heterocycles. The summed E-state index contributed by atoms with van der Waals surface area (Å²) in [7, 11) is 0. The first-order valence-electron chi connectivity index (χ1n) is 6.08. The second-order valence-electron chi connectivity index (χ2n) is 5.24. The van der Waals surface area contributed by atoms with Crippen LogP contribution in [-0.4, -0.2) is 13.2 Å². The highest BCUT2D eigenvalue weighted by Crippen LogP contribution is 2.51. The lowest BCUT2D eigenvalue weighted by atomic mass is 9.85. The van der Waals surface area contributed by atoms with Crippen molar-refractivity contribution in [1.29, 1.82) is 0 Å². The van der Waals surface area contributed by atoms with Crippen molar-refractivity contribution >= 4 is 0 Å². The molecule has 2 bridgehead atoms. The average molecular weight is 206 g/mol. The summed E-state index contributed by atoms with van der Waals surface area (Å²) in [4.78, 5) is 0. The molecule has 0 aliphatic heterocycles. The molecule has 2 rings (SSSR count). The SMILES string of the molecule is C=C(C)COCC1CC2C/C(=C\C)C1C2. The van der Waals surface area contributed by atoms with Crippen LogP contribution >= 0.6 is 0 Å². The van der Waals surface area contributed by atoms with E-state index in [1.165, 1.54) is 19.3 Å². The van der Waals surface area contributed by atoms with Crippen LogP contribution in [0.2, 0.25) is 0 Å². The number of rotatable bonds is 4. The zero-order chi connectivity index (χ0) is 10.8. The Bertz CT molecular complexity index is 277. The molecule has 3 atom stereocenters. The smallest absolute Gasteiger partial charge is 0.0671 e. The van der Waals surface area contributed by atoms with Crippen LogP contribution < -0.4 is 0 Å². The van der Waals surface area contributed by atoms with Gasteiger partial charge in [0.15, 0.2) is 0 Å². The van der Waals surface area contributed by atoms with Gasteiger partial charge in [0.05, 0.1) is 13.2 Å². The Morgan fingerprint density at radius 2 is 2.33 bits per heavy atom. The molecule has 0 heterocycles. The summed E-state index contributed by atoms with van der Waals surface area (Å²) < 4.78 is 5.70. The largest absolute Gasteiger partial charge is 0.377 e. The molecule has 0 N–H and O–H groups in total. The van der Waals surface area contributed by atoms with Crippen LogP contribution in [0.25, 0.3) is 0 Å². The lowest BCUT2D eigenvalue weighted by molar-refractivity contribution is 0.103. The molecular weight excluding hydrogens is 184 g/mol. The first kappa shape index (κ1) is 10.9. The molecule has 0 aromatic rings. The third-order valence-corrected chi connectivity index (χ3v) is 3.84. The van der Waals surface area contributed by atoms with Gasteiger partial charge in [0.2, 0.25) is 0 Å². The van der Waals surface area contributed by atoms with E-state index in [0.717, 1.165) is 36.5 Å².